The SMILES string of the molecule is CC1CCCC(C)C12NC(=O)N(CCOc1cccc(Br)c1)C2=O. The van der Waals surface area contributed by atoms with Gasteiger partial charge in [0.1, 0.15) is 17.9 Å². The van der Waals surface area contributed by atoms with Crippen molar-refractivity contribution >= 4 is 27.9 Å². The van der Waals surface area contributed by atoms with Crippen LogP contribution < -0.4 is 10.1 Å². The zero-order valence-electron chi connectivity index (χ0n) is 14.0. The average Bonchev–Trinajstić information content (AvgIpc) is 2.78. The summed E-state index contributed by atoms with van der Waals surface area (Å²) in [5.74, 6) is 0.943. The number of rotatable bonds is 4. The molecule has 0 bridgehead atoms. The lowest BCUT2D eigenvalue weighted by Gasteiger charge is -2.42. The molecule has 1 aliphatic carbocycles. The summed E-state index contributed by atoms with van der Waals surface area (Å²) in [5, 5.41) is 3.00. The van der Waals surface area contributed by atoms with Gasteiger partial charge in [0.2, 0.25) is 0 Å². The number of hydrogen-bond acceptors (Lipinski definition) is 3. The number of carbonyl (C=O) groups is 2. The Morgan fingerprint density at radius 2 is 2.00 bits per heavy atom. The molecule has 2 atom stereocenters. The Balaban J connectivity index is 1.66. The van der Waals surface area contributed by atoms with Crippen LogP contribution in [0.1, 0.15) is 33.1 Å². The second-order valence-corrected chi connectivity index (χ2v) is 7.71. The zero-order chi connectivity index (χ0) is 17.3. The smallest absolute Gasteiger partial charge is 0.325 e. The van der Waals surface area contributed by atoms with E-state index in [1.807, 2.05) is 24.3 Å². The van der Waals surface area contributed by atoms with Gasteiger partial charge in [-0.3, -0.25) is 9.69 Å². The summed E-state index contributed by atoms with van der Waals surface area (Å²) >= 11 is 3.39. The summed E-state index contributed by atoms with van der Waals surface area (Å²) in [6.45, 7) is 4.68. The fourth-order valence-corrected chi connectivity index (χ4v) is 4.35. The topological polar surface area (TPSA) is 58.6 Å². The van der Waals surface area contributed by atoms with Gasteiger partial charge in [0.15, 0.2) is 0 Å². The molecular formula is C18H23BrN2O3. The molecule has 1 saturated heterocycles. The molecule has 0 radical (unpaired) electrons. The third-order valence-electron chi connectivity index (χ3n) is 5.37. The van der Waals surface area contributed by atoms with Crippen molar-refractivity contribution in [3.05, 3.63) is 28.7 Å². The highest BCUT2D eigenvalue weighted by Gasteiger charge is 2.58. The van der Waals surface area contributed by atoms with E-state index in [0.717, 1.165) is 23.7 Å². The Kier molecular flexibility index (Phi) is 4.85. The van der Waals surface area contributed by atoms with E-state index in [0.29, 0.717) is 5.75 Å². The molecule has 130 valence electrons. The lowest BCUT2D eigenvalue weighted by Crippen LogP contribution is -2.58. The maximum Gasteiger partial charge on any atom is 0.325 e. The van der Waals surface area contributed by atoms with E-state index in [4.69, 9.17) is 4.74 Å². The van der Waals surface area contributed by atoms with Crippen LogP contribution in [0, 0.1) is 11.8 Å². The number of urea groups is 1. The van der Waals surface area contributed by atoms with Crippen LogP contribution in [0.3, 0.4) is 0 Å². The van der Waals surface area contributed by atoms with Crippen LogP contribution in [0.15, 0.2) is 28.7 Å². The van der Waals surface area contributed by atoms with Gasteiger partial charge in [0, 0.05) is 4.47 Å². The van der Waals surface area contributed by atoms with E-state index in [9.17, 15) is 9.59 Å². The first kappa shape index (κ1) is 17.3. The van der Waals surface area contributed by atoms with E-state index >= 15 is 0 Å². The van der Waals surface area contributed by atoms with Crippen LogP contribution >= 0.6 is 15.9 Å². The van der Waals surface area contributed by atoms with Crippen LogP contribution in [0.2, 0.25) is 0 Å². The van der Waals surface area contributed by atoms with Crippen molar-refractivity contribution in [2.75, 3.05) is 13.2 Å². The molecule has 6 heteroatoms. The summed E-state index contributed by atoms with van der Waals surface area (Å²) in [6, 6.07) is 7.22. The minimum absolute atomic E-state index is 0.0926. The van der Waals surface area contributed by atoms with E-state index in [2.05, 4.69) is 35.1 Å². The molecule has 24 heavy (non-hydrogen) atoms. The maximum atomic E-state index is 13.0. The van der Waals surface area contributed by atoms with Crippen molar-refractivity contribution in [3.8, 4) is 5.75 Å². The number of benzene rings is 1. The van der Waals surface area contributed by atoms with Crippen LogP contribution in [-0.2, 0) is 4.79 Å². The Labute approximate surface area is 150 Å². The molecule has 3 rings (SSSR count). The van der Waals surface area contributed by atoms with Gasteiger partial charge in [0.05, 0.1) is 6.54 Å². The molecule has 2 fully saturated rings. The number of nitrogens with zero attached hydrogens (tertiary/aromatic N) is 1. The van der Waals surface area contributed by atoms with Gasteiger partial charge >= 0.3 is 6.03 Å². The molecule has 0 aromatic heterocycles. The van der Waals surface area contributed by atoms with Crippen LogP contribution in [0.4, 0.5) is 4.79 Å². The van der Waals surface area contributed by atoms with E-state index in [1.54, 1.807) is 0 Å². The average molecular weight is 395 g/mol. The van der Waals surface area contributed by atoms with Crippen molar-refractivity contribution in [2.45, 2.75) is 38.6 Å². The Morgan fingerprint density at radius 1 is 1.29 bits per heavy atom. The van der Waals surface area contributed by atoms with Gasteiger partial charge < -0.3 is 10.1 Å². The predicted octanol–water partition coefficient (Wildman–Crippen LogP) is 3.57. The lowest BCUT2D eigenvalue weighted by atomic mass is 9.67. The highest BCUT2D eigenvalue weighted by Crippen LogP contribution is 2.42. The molecule has 1 N–H and O–H groups in total. The normalized spacial score (nSPS) is 29.9. The first-order valence-electron chi connectivity index (χ1n) is 8.47. The third-order valence-corrected chi connectivity index (χ3v) is 5.86. The van der Waals surface area contributed by atoms with Crippen LogP contribution in [0.5, 0.6) is 5.75 Å². The fourth-order valence-electron chi connectivity index (χ4n) is 3.97. The fraction of sp³-hybridized carbons (Fsp3) is 0.556. The number of ether oxygens (including phenoxy) is 1. The van der Waals surface area contributed by atoms with Gasteiger partial charge in [-0.2, -0.15) is 0 Å². The zero-order valence-corrected chi connectivity index (χ0v) is 15.6. The number of halogens is 1. The summed E-state index contributed by atoms with van der Waals surface area (Å²) in [7, 11) is 0. The van der Waals surface area contributed by atoms with Crippen molar-refractivity contribution in [2.24, 2.45) is 11.8 Å². The summed E-state index contributed by atoms with van der Waals surface area (Å²) in [6.07, 6.45) is 3.05. The number of carbonyl (C=O) groups excluding carboxylic acids is 2. The number of imide groups is 1. The molecule has 5 nitrogen and oxygen atoms in total. The first-order valence-corrected chi connectivity index (χ1v) is 9.27. The van der Waals surface area contributed by atoms with E-state index in [1.165, 1.54) is 4.90 Å². The Hall–Kier alpha value is -1.56. The van der Waals surface area contributed by atoms with E-state index in [-0.39, 0.29) is 36.9 Å². The third kappa shape index (κ3) is 2.92. The van der Waals surface area contributed by atoms with Crippen molar-refractivity contribution in [1.29, 1.82) is 0 Å². The highest BCUT2D eigenvalue weighted by molar-refractivity contribution is 9.10. The second kappa shape index (κ2) is 6.75. The van der Waals surface area contributed by atoms with Gasteiger partial charge in [-0.25, -0.2) is 4.79 Å². The molecule has 1 aromatic carbocycles. The molecule has 2 aliphatic rings. The van der Waals surface area contributed by atoms with Crippen LogP contribution in [-0.4, -0.2) is 35.5 Å². The largest absolute Gasteiger partial charge is 0.492 e. The lowest BCUT2D eigenvalue weighted by molar-refractivity contribution is -0.136. The minimum atomic E-state index is -0.731. The molecule has 1 aromatic rings. The highest BCUT2D eigenvalue weighted by atomic mass is 79.9. The first-order chi connectivity index (χ1) is 11.4. The summed E-state index contributed by atoms with van der Waals surface area (Å²) < 4.78 is 6.60. The molecule has 1 saturated carbocycles. The van der Waals surface area contributed by atoms with Crippen LogP contribution in [0.25, 0.3) is 0 Å². The maximum absolute atomic E-state index is 13.0. The van der Waals surface area contributed by atoms with Gasteiger partial charge in [-0.05, 0) is 42.9 Å². The molecule has 2 unspecified atom stereocenters. The van der Waals surface area contributed by atoms with Crippen molar-refractivity contribution < 1.29 is 14.3 Å². The van der Waals surface area contributed by atoms with Crippen molar-refractivity contribution in [3.63, 3.8) is 0 Å². The molecular weight excluding hydrogens is 372 g/mol. The number of hydrogen-bond donors (Lipinski definition) is 1. The van der Waals surface area contributed by atoms with Gasteiger partial charge in [-0.15, -0.1) is 0 Å². The van der Waals surface area contributed by atoms with Gasteiger partial charge in [0.25, 0.3) is 5.91 Å². The molecule has 1 heterocycles. The monoisotopic (exact) mass is 394 g/mol. The molecule has 1 spiro atoms. The van der Waals surface area contributed by atoms with E-state index < -0.39 is 5.54 Å². The minimum Gasteiger partial charge on any atom is -0.492 e. The molecule has 3 amide bonds. The standard InChI is InChI=1S/C18H23BrN2O3/c1-12-5-3-6-13(2)18(12)16(22)21(17(23)20-18)9-10-24-15-8-4-7-14(19)11-15/h4,7-8,11-13H,3,5-6,9-10H2,1-2H3,(H,20,23). The Morgan fingerprint density at radius 3 is 2.67 bits per heavy atom. The second-order valence-electron chi connectivity index (χ2n) is 6.79. The molecule has 1 aliphatic heterocycles. The summed E-state index contributed by atoms with van der Waals surface area (Å²) in [4.78, 5) is 26.7. The van der Waals surface area contributed by atoms with Crippen molar-refractivity contribution in [1.82, 2.24) is 10.2 Å². The number of nitrogens with one attached hydrogen (secondary N) is 1. The summed E-state index contributed by atoms with van der Waals surface area (Å²) in [5.41, 5.74) is -0.731. The predicted molar refractivity (Wildman–Crippen MR) is 94.8 cm³/mol. The quantitative estimate of drug-likeness (QED) is 0.793. The Bertz CT molecular complexity index is 639. The van der Waals surface area contributed by atoms with Gasteiger partial charge in [-0.1, -0.05) is 42.3 Å². The number of amides is 3.